The van der Waals surface area contributed by atoms with Crippen LogP contribution in [0.5, 0.6) is 0 Å². The number of aromatic nitrogens is 1. The van der Waals surface area contributed by atoms with Crippen molar-refractivity contribution in [2.75, 3.05) is 36.4 Å². The number of benzene rings is 1. The van der Waals surface area contributed by atoms with Crippen LogP contribution in [-0.2, 0) is 0 Å². The van der Waals surface area contributed by atoms with Crippen LogP contribution >= 0.6 is 0 Å². The zero-order valence-electron chi connectivity index (χ0n) is 16.0. The van der Waals surface area contributed by atoms with E-state index in [4.69, 9.17) is 0 Å². The van der Waals surface area contributed by atoms with E-state index in [1.807, 2.05) is 17.0 Å². The predicted octanol–water partition coefficient (Wildman–Crippen LogP) is 4.30. The summed E-state index contributed by atoms with van der Waals surface area (Å²) in [4.78, 5) is 21.1. The number of nitrogens with zero attached hydrogens (tertiary/aromatic N) is 3. The fourth-order valence-electron chi connectivity index (χ4n) is 3.87. The number of nitrogens with one attached hydrogen (secondary N) is 1. The van der Waals surface area contributed by atoms with Gasteiger partial charge in [0.15, 0.2) is 0 Å². The second-order valence-corrected chi connectivity index (χ2v) is 7.77. The van der Waals surface area contributed by atoms with Crippen LogP contribution in [0.2, 0.25) is 0 Å². The maximum atomic E-state index is 12.4. The number of likely N-dealkylation sites (tertiary alicyclic amines) is 1. The lowest BCUT2D eigenvalue weighted by Crippen LogP contribution is -2.32. The van der Waals surface area contributed by atoms with Crippen LogP contribution in [0.3, 0.4) is 0 Å². The molecule has 4 rings (SSSR count). The molecule has 1 amide bonds. The van der Waals surface area contributed by atoms with E-state index in [0.717, 1.165) is 56.3 Å². The van der Waals surface area contributed by atoms with Gasteiger partial charge in [-0.25, -0.2) is 4.98 Å². The zero-order valence-corrected chi connectivity index (χ0v) is 16.0. The molecule has 142 valence electrons. The van der Waals surface area contributed by atoms with E-state index >= 15 is 0 Å². The summed E-state index contributed by atoms with van der Waals surface area (Å²) in [6, 6.07) is 12.3. The SMILES string of the molecule is CC1CCN(c2ccc(Nc3ccc(C(=O)N4CCCC4)nc3)cc2)CC1. The molecule has 0 unspecified atom stereocenters. The summed E-state index contributed by atoms with van der Waals surface area (Å²) in [5.74, 6) is 0.884. The predicted molar refractivity (Wildman–Crippen MR) is 110 cm³/mol. The molecule has 2 saturated heterocycles. The van der Waals surface area contributed by atoms with Gasteiger partial charge < -0.3 is 15.1 Å². The first-order valence-corrected chi connectivity index (χ1v) is 10.1. The molecular weight excluding hydrogens is 336 g/mol. The topological polar surface area (TPSA) is 48.5 Å². The highest BCUT2D eigenvalue weighted by Gasteiger charge is 2.20. The minimum absolute atomic E-state index is 0.0410. The van der Waals surface area contributed by atoms with E-state index in [2.05, 4.69) is 46.4 Å². The molecule has 1 aromatic carbocycles. The van der Waals surface area contributed by atoms with E-state index in [1.165, 1.54) is 18.5 Å². The van der Waals surface area contributed by atoms with E-state index in [-0.39, 0.29) is 5.91 Å². The summed E-state index contributed by atoms with van der Waals surface area (Å²) in [5, 5.41) is 3.37. The van der Waals surface area contributed by atoms with Gasteiger partial charge in [0.1, 0.15) is 5.69 Å². The molecule has 5 heteroatoms. The molecule has 27 heavy (non-hydrogen) atoms. The van der Waals surface area contributed by atoms with Crippen LogP contribution in [0.1, 0.15) is 43.1 Å². The third-order valence-corrected chi connectivity index (χ3v) is 5.68. The minimum atomic E-state index is 0.0410. The van der Waals surface area contributed by atoms with Crippen molar-refractivity contribution in [3.63, 3.8) is 0 Å². The van der Waals surface area contributed by atoms with Crippen molar-refractivity contribution in [2.24, 2.45) is 5.92 Å². The Balaban J connectivity index is 1.36. The van der Waals surface area contributed by atoms with E-state index in [9.17, 15) is 4.79 Å². The van der Waals surface area contributed by atoms with Gasteiger partial charge in [-0.15, -0.1) is 0 Å². The highest BCUT2D eigenvalue weighted by Crippen LogP contribution is 2.25. The highest BCUT2D eigenvalue weighted by molar-refractivity contribution is 5.92. The van der Waals surface area contributed by atoms with Gasteiger partial charge >= 0.3 is 0 Å². The summed E-state index contributed by atoms with van der Waals surface area (Å²) < 4.78 is 0. The molecule has 2 aliphatic heterocycles. The Morgan fingerprint density at radius 2 is 1.63 bits per heavy atom. The molecule has 2 aromatic rings. The minimum Gasteiger partial charge on any atom is -0.372 e. The van der Waals surface area contributed by atoms with Crippen LogP contribution in [-0.4, -0.2) is 42.0 Å². The van der Waals surface area contributed by atoms with Gasteiger partial charge in [0.05, 0.1) is 11.9 Å². The Morgan fingerprint density at radius 1 is 0.963 bits per heavy atom. The monoisotopic (exact) mass is 364 g/mol. The number of carbonyl (C=O) groups is 1. The quantitative estimate of drug-likeness (QED) is 0.879. The standard InChI is InChI=1S/C22H28N4O/c1-17-10-14-25(15-11-17)20-7-4-18(5-8-20)24-19-6-9-21(23-16-19)22(27)26-12-2-3-13-26/h4-9,16-17,24H,2-3,10-15H2,1H3. The van der Waals surface area contributed by atoms with Gasteiger partial charge in [-0.1, -0.05) is 6.92 Å². The van der Waals surface area contributed by atoms with Crippen LogP contribution in [0.15, 0.2) is 42.6 Å². The molecule has 2 aliphatic rings. The Labute approximate surface area is 161 Å². The Kier molecular flexibility index (Phi) is 5.28. The summed E-state index contributed by atoms with van der Waals surface area (Å²) in [5.41, 5.74) is 3.74. The number of carbonyl (C=O) groups excluding carboxylic acids is 1. The Bertz CT molecular complexity index is 758. The molecule has 1 N–H and O–H groups in total. The molecule has 5 nitrogen and oxygen atoms in total. The maximum absolute atomic E-state index is 12.4. The van der Waals surface area contributed by atoms with Crippen molar-refractivity contribution in [1.82, 2.24) is 9.88 Å². The third-order valence-electron chi connectivity index (χ3n) is 5.68. The largest absolute Gasteiger partial charge is 0.372 e. The molecular formula is C22H28N4O. The molecule has 0 atom stereocenters. The maximum Gasteiger partial charge on any atom is 0.272 e. The second-order valence-electron chi connectivity index (χ2n) is 7.77. The molecule has 0 spiro atoms. The molecule has 0 radical (unpaired) electrons. The first-order chi connectivity index (χ1) is 13.2. The molecule has 0 saturated carbocycles. The fourth-order valence-corrected chi connectivity index (χ4v) is 3.87. The molecule has 0 aliphatic carbocycles. The number of rotatable bonds is 4. The third kappa shape index (κ3) is 4.24. The van der Waals surface area contributed by atoms with Gasteiger partial charge in [0.25, 0.3) is 5.91 Å². The highest BCUT2D eigenvalue weighted by atomic mass is 16.2. The number of anilines is 3. The van der Waals surface area contributed by atoms with Crippen molar-refractivity contribution >= 4 is 23.0 Å². The molecule has 1 aromatic heterocycles. The van der Waals surface area contributed by atoms with Crippen LogP contribution in [0.25, 0.3) is 0 Å². The van der Waals surface area contributed by atoms with Gasteiger partial charge in [0, 0.05) is 37.6 Å². The van der Waals surface area contributed by atoms with Gasteiger partial charge in [-0.05, 0) is 68.0 Å². The lowest BCUT2D eigenvalue weighted by Gasteiger charge is -2.32. The van der Waals surface area contributed by atoms with Gasteiger partial charge in [0.2, 0.25) is 0 Å². The molecule has 3 heterocycles. The molecule has 2 fully saturated rings. The van der Waals surface area contributed by atoms with Crippen molar-refractivity contribution in [1.29, 1.82) is 0 Å². The van der Waals surface area contributed by atoms with Crippen molar-refractivity contribution < 1.29 is 4.79 Å². The summed E-state index contributed by atoms with van der Waals surface area (Å²) in [6.07, 6.45) is 6.47. The summed E-state index contributed by atoms with van der Waals surface area (Å²) in [6.45, 7) is 6.32. The van der Waals surface area contributed by atoms with Crippen LogP contribution in [0.4, 0.5) is 17.1 Å². The zero-order chi connectivity index (χ0) is 18.6. The summed E-state index contributed by atoms with van der Waals surface area (Å²) >= 11 is 0. The van der Waals surface area contributed by atoms with Crippen LogP contribution < -0.4 is 10.2 Å². The summed E-state index contributed by atoms with van der Waals surface area (Å²) in [7, 11) is 0. The smallest absolute Gasteiger partial charge is 0.272 e. The Morgan fingerprint density at radius 3 is 2.26 bits per heavy atom. The number of hydrogen-bond acceptors (Lipinski definition) is 4. The van der Waals surface area contributed by atoms with Crippen molar-refractivity contribution in [3.8, 4) is 0 Å². The molecule has 0 bridgehead atoms. The Hall–Kier alpha value is -2.56. The normalized spacial score (nSPS) is 18.0. The number of hydrogen-bond donors (Lipinski definition) is 1. The average Bonchev–Trinajstić information content (AvgIpc) is 3.24. The number of piperidine rings is 1. The lowest BCUT2D eigenvalue weighted by molar-refractivity contribution is 0.0787. The number of amides is 1. The first-order valence-electron chi connectivity index (χ1n) is 10.1. The van der Waals surface area contributed by atoms with E-state index < -0.39 is 0 Å². The fraction of sp³-hybridized carbons (Fsp3) is 0.455. The van der Waals surface area contributed by atoms with Gasteiger partial charge in [-0.3, -0.25) is 4.79 Å². The number of pyridine rings is 1. The van der Waals surface area contributed by atoms with Crippen molar-refractivity contribution in [2.45, 2.75) is 32.6 Å². The van der Waals surface area contributed by atoms with Crippen molar-refractivity contribution in [3.05, 3.63) is 48.3 Å². The van der Waals surface area contributed by atoms with Gasteiger partial charge in [-0.2, -0.15) is 0 Å². The van der Waals surface area contributed by atoms with E-state index in [1.54, 1.807) is 6.20 Å². The average molecular weight is 364 g/mol. The lowest BCUT2D eigenvalue weighted by atomic mass is 9.99. The van der Waals surface area contributed by atoms with Crippen LogP contribution in [0, 0.1) is 5.92 Å². The first kappa shape index (κ1) is 17.8. The second kappa shape index (κ2) is 7.99. The van der Waals surface area contributed by atoms with E-state index in [0.29, 0.717) is 5.69 Å².